The first-order valence-corrected chi connectivity index (χ1v) is 10.9. The third-order valence-corrected chi connectivity index (χ3v) is 6.50. The summed E-state index contributed by atoms with van der Waals surface area (Å²) in [5, 5.41) is 2.63. The Labute approximate surface area is 194 Å². The monoisotopic (exact) mass is 503 g/mol. The molecule has 2 aliphatic rings. The third-order valence-electron chi connectivity index (χ3n) is 5.54. The van der Waals surface area contributed by atoms with E-state index in [1.54, 1.807) is 0 Å². The normalized spacial score (nSPS) is 24.7. The molecule has 3 N–H and O–H groups in total. The molecule has 1 saturated heterocycles. The van der Waals surface area contributed by atoms with Crippen LogP contribution in [-0.4, -0.2) is 52.5 Å². The van der Waals surface area contributed by atoms with Crippen LogP contribution < -0.4 is 15.8 Å². The Kier molecular flexibility index (Phi) is 6.62. The maximum Gasteiger partial charge on any atom is 0.414 e. The van der Waals surface area contributed by atoms with Gasteiger partial charge in [0.05, 0.1) is 19.0 Å². The summed E-state index contributed by atoms with van der Waals surface area (Å²) in [6.07, 6.45) is -4.85. The maximum atomic E-state index is 15.0. The molecule has 1 aromatic heterocycles. The zero-order valence-corrected chi connectivity index (χ0v) is 18.1. The number of carbonyl (C=O) groups is 1. The highest BCUT2D eigenvalue weighted by Crippen LogP contribution is 2.49. The number of thioether (sulfide) groups is 1. The van der Waals surface area contributed by atoms with Crippen molar-refractivity contribution >= 4 is 28.5 Å². The number of anilines is 1. The number of nitrogens with zero attached hydrogens (tertiary/aromatic N) is 3. The van der Waals surface area contributed by atoms with Gasteiger partial charge in [0.2, 0.25) is 12.7 Å². The Hall–Kier alpha value is -3.00. The van der Waals surface area contributed by atoms with Gasteiger partial charge in [-0.1, -0.05) is 11.8 Å². The van der Waals surface area contributed by atoms with Crippen molar-refractivity contribution in [1.82, 2.24) is 9.97 Å². The fourth-order valence-corrected chi connectivity index (χ4v) is 4.90. The molecule has 3 unspecified atom stereocenters. The zero-order chi connectivity index (χ0) is 24.5. The van der Waals surface area contributed by atoms with Crippen molar-refractivity contribution in [3.63, 3.8) is 0 Å². The van der Waals surface area contributed by atoms with Crippen LogP contribution in [-0.2, 0) is 10.3 Å². The van der Waals surface area contributed by atoms with Crippen molar-refractivity contribution in [2.45, 2.75) is 24.2 Å². The highest BCUT2D eigenvalue weighted by molar-refractivity contribution is 8.13. The number of hydrogen-bond acceptors (Lipinski definition) is 8. The summed E-state index contributed by atoms with van der Waals surface area (Å²) in [5.41, 5.74) is 4.35. The van der Waals surface area contributed by atoms with E-state index in [4.69, 9.17) is 10.5 Å². The van der Waals surface area contributed by atoms with Crippen LogP contribution in [0.2, 0.25) is 0 Å². The van der Waals surface area contributed by atoms with Gasteiger partial charge in [0.25, 0.3) is 5.91 Å². The molecule has 1 aromatic carbocycles. The summed E-state index contributed by atoms with van der Waals surface area (Å²) < 4.78 is 76.6. The predicted octanol–water partition coefficient (Wildman–Crippen LogP) is 3.40. The number of rotatable bonds is 5. The van der Waals surface area contributed by atoms with Crippen molar-refractivity contribution in [3.8, 4) is 5.88 Å². The minimum absolute atomic E-state index is 0.0445. The molecular formula is C20H18F5N5O3S. The van der Waals surface area contributed by atoms with E-state index in [2.05, 4.69) is 25.0 Å². The summed E-state index contributed by atoms with van der Waals surface area (Å²) in [6, 6.07) is 3.64. The lowest BCUT2D eigenvalue weighted by molar-refractivity contribution is -0.245. The fraction of sp³-hybridized carbons (Fsp3) is 0.400. The number of carbonyl (C=O) groups excluding carboxylic acids is 1. The van der Waals surface area contributed by atoms with Crippen LogP contribution in [0.15, 0.2) is 35.6 Å². The molecule has 0 spiro atoms. The number of amidine groups is 1. The summed E-state index contributed by atoms with van der Waals surface area (Å²) >= 11 is 1.10. The first kappa shape index (κ1) is 24.1. The molecule has 34 heavy (non-hydrogen) atoms. The second-order valence-corrected chi connectivity index (χ2v) is 8.64. The van der Waals surface area contributed by atoms with Gasteiger partial charge in [-0.25, -0.2) is 23.7 Å². The van der Waals surface area contributed by atoms with Crippen molar-refractivity contribution in [3.05, 3.63) is 47.7 Å². The van der Waals surface area contributed by atoms with Gasteiger partial charge in [0.1, 0.15) is 17.1 Å². The Balaban J connectivity index is 1.62. The van der Waals surface area contributed by atoms with Crippen LogP contribution in [0.4, 0.5) is 27.6 Å². The highest BCUT2D eigenvalue weighted by Gasteiger charge is 2.55. The number of ether oxygens (including phenoxy) is 2. The van der Waals surface area contributed by atoms with Crippen molar-refractivity contribution in [2.24, 2.45) is 16.6 Å². The molecule has 3 heterocycles. The minimum atomic E-state index is -4.57. The number of hydrogen-bond donors (Lipinski definition) is 2. The van der Waals surface area contributed by atoms with Crippen molar-refractivity contribution < 1.29 is 36.2 Å². The van der Waals surface area contributed by atoms with Gasteiger partial charge in [-0.3, -0.25) is 4.79 Å². The molecule has 0 radical (unpaired) electrons. The standard InChI is InChI=1S/C20H18F5N5O3S/c21-9-33-16-6-27-14(5-28-16)17(31)29-11-1-2-13(22)12(4-11)19-8-32-15(20(23,24)25)3-10(19)7-34-18(26)30-19/h1-2,4-6,10,15H,3,7-9H2,(H2,26,30)(H,29,31). The molecule has 0 bridgehead atoms. The van der Waals surface area contributed by atoms with E-state index in [1.807, 2.05) is 0 Å². The van der Waals surface area contributed by atoms with Gasteiger partial charge in [-0.15, -0.1) is 0 Å². The first-order valence-electron chi connectivity index (χ1n) is 9.91. The summed E-state index contributed by atoms with van der Waals surface area (Å²) in [5.74, 6) is -2.06. The van der Waals surface area contributed by atoms with Gasteiger partial charge < -0.3 is 20.5 Å². The molecule has 4 rings (SSSR count). The number of aliphatic imine (C=N–C) groups is 1. The zero-order valence-electron chi connectivity index (χ0n) is 17.3. The molecule has 1 fully saturated rings. The highest BCUT2D eigenvalue weighted by atomic mass is 32.2. The van der Waals surface area contributed by atoms with Gasteiger partial charge in [-0.2, -0.15) is 13.2 Å². The smallest absolute Gasteiger partial charge is 0.414 e. The second kappa shape index (κ2) is 9.33. The maximum absolute atomic E-state index is 15.0. The van der Waals surface area contributed by atoms with E-state index in [0.29, 0.717) is 0 Å². The van der Waals surface area contributed by atoms with E-state index in [9.17, 15) is 26.7 Å². The Bertz CT molecular complexity index is 1100. The molecule has 14 heteroatoms. The molecule has 3 atom stereocenters. The molecule has 0 saturated carbocycles. The summed E-state index contributed by atoms with van der Waals surface area (Å²) in [4.78, 5) is 24.4. The van der Waals surface area contributed by atoms with Gasteiger partial charge in [0, 0.05) is 22.9 Å². The van der Waals surface area contributed by atoms with Crippen molar-refractivity contribution in [1.29, 1.82) is 0 Å². The SMILES string of the molecule is NC1=NC2(c3cc(NC(=O)c4cnc(OCF)cn4)ccc3F)COC(C(F)(F)F)CC2CS1. The van der Waals surface area contributed by atoms with Crippen LogP contribution in [0.1, 0.15) is 22.5 Å². The molecule has 1 amide bonds. The molecule has 2 aliphatic heterocycles. The fourth-order valence-electron chi connectivity index (χ4n) is 3.89. The van der Waals surface area contributed by atoms with Crippen LogP contribution in [0.5, 0.6) is 5.88 Å². The lowest BCUT2D eigenvalue weighted by atomic mass is 9.74. The van der Waals surface area contributed by atoms with Crippen LogP contribution in [0.3, 0.4) is 0 Å². The summed E-state index contributed by atoms with van der Waals surface area (Å²) in [6.45, 7) is -1.64. The molecule has 182 valence electrons. The second-order valence-electron chi connectivity index (χ2n) is 7.60. The van der Waals surface area contributed by atoms with Gasteiger partial charge in [0.15, 0.2) is 11.3 Å². The number of alkyl halides is 4. The van der Waals surface area contributed by atoms with Gasteiger partial charge >= 0.3 is 6.18 Å². The molecule has 0 aliphatic carbocycles. The average molecular weight is 503 g/mol. The molecular weight excluding hydrogens is 485 g/mol. The van der Waals surface area contributed by atoms with Crippen molar-refractivity contribution in [2.75, 3.05) is 24.5 Å². The van der Waals surface area contributed by atoms with E-state index in [-0.39, 0.29) is 33.7 Å². The summed E-state index contributed by atoms with van der Waals surface area (Å²) in [7, 11) is 0. The Morgan fingerprint density at radius 2 is 2.12 bits per heavy atom. The lowest BCUT2D eigenvalue weighted by Crippen LogP contribution is -2.53. The number of nitrogens with two attached hydrogens (primary N) is 1. The third kappa shape index (κ3) is 4.78. The Morgan fingerprint density at radius 1 is 1.32 bits per heavy atom. The van der Waals surface area contributed by atoms with Gasteiger partial charge in [-0.05, 0) is 24.6 Å². The number of fused-ring (bicyclic) bond motifs is 1. The minimum Gasteiger partial charge on any atom is -0.445 e. The van der Waals surface area contributed by atoms with E-state index < -0.39 is 55.3 Å². The molecule has 2 aromatic rings. The van der Waals surface area contributed by atoms with Crippen LogP contribution in [0.25, 0.3) is 0 Å². The molecule has 8 nitrogen and oxygen atoms in total. The Morgan fingerprint density at radius 3 is 2.79 bits per heavy atom. The van der Waals surface area contributed by atoms with Crippen LogP contribution >= 0.6 is 11.8 Å². The number of halogens is 5. The number of amides is 1. The van der Waals surface area contributed by atoms with Crippen LogP contribution in [0, 0.1) is 11.7 Å². The first-order chi connectivity index (χ1) is 16.1. The quantitative estimate of drug-likeness (QED) is 0.602. The largest absolute Gasteiger partial charge is 0.445 e. The lowest BCUT2D eigenvalue weighted by Gasteiger charge is -2.46. The average Bonchev–Trinajstić information content (AvgIpc) is 2.79. The number of nitrogens with one attached hydrogen (secondary N) is 1. The number of aromatic nitrogens is 2. The number of benzene rings is 1. The van der Waals surface area contributed by atoms with E-state index in [0.717, 1.165) is 30.2 Å². The predicted molar refractivity (Wildman–Crippen MR) is 113 cm³/mol. The van der Waals surface area contributed by atoms with E-state index in [1.165, 1.54) is 12.1 Å². The topological polar surface area (TPSA) is 112 Å². The van der Waals surface area contributed by atoms with E-state index >= 15 is 0 Å².